The van der Waals surface area contributed by atoms with Gasteiger partial charge in [-0.2, -0.15) is 0 Å². The Bertz CT molecular complexity index is 482. The number of imidazole rings is 1. The lowest BCUT2D eigenvalue weighted by Gasteiger charge is -2.09. The molecule has 0 aliphatic rings. The van der Waals surface area contributed by atoms with Crippen molar-refractivity contribution in [2.24, 2.45) is 0 Å². The van der Waals surface area contributed by atoms with Crippen molar-refractivity contribution in [3.63, 3.8) is 0 Å². The van der Waals surface area contributed by atoms with Crippen LogP contribution in [0.25, 0.3) is 0 Å². The third-order valence-corrected chi connectivity index (χ3v) is 3.51. The number of ether oxygens (including phenoxy) is 1. The molecule has 0 amide bonds. The molecule has 18 heavy (non-hydrogen) atoms. The Hall–Kier alpha value is -0.590. The van der Waals surface area contributed by atoms with Crippen molar-refractivity contribution in [3.05, 3.63) is 12.0 Å². The highest BCUT2D eigenvalue weighted by Crippen LogP contribution is 2.15. The van der Waals surface area contributed by atoms with Crippen LogP contribution in [0.15, 0.2) is 11.2 Å². The maximum Gasteiger partial charge on any atom is 0.280 e. The van der Waals surface area contributed by atoms with Crippen LogP contribution in [-0.2, 0) is 26.8 Å². The molecule has 0 atom stereocenters. The lowest BCUT2D eigenvalue weighted by molar-refractivity contribution is 0.0723. The van der Waals surface area contributed by atoms with E-state index in [-0.39, 0.29) is 11.1 Å². The van der Waals surface area contributed by atoms with Gasteiger partial charge in [0, 0.05) is 29.8 Å². The van der Waals surface area contributed by atoms with Crippen LogP contribution in [0.2, 0.25) is 0 Å². The molecule has 0 N–H and O–H groups in total. The van der Waals surface area contributed by atoms with Crippen molar-refractivity contribution < 1.29 is 13.2 Å². The van der Waals surface area contributed by atoms with Crippen molar-refractivity contribution in [3.8, 4) is 0 Å². The van der Waals surface area contributed by atoms with Crippen LogP contribution >= 0.6 is 10.7 Å². The summed E-state index contributed by atoms with van der Waals surface area (Å²) in [6, 6.07) is 0. The van der Waals surface area contributed by atoms with Gasteiger partial charge in [-0.25, -0.2) is 13.4 Å². The minimum absolute atomic E-state index is 0.0860. The van der Waals surface area contributed by atoms with E-state index in [4.69, 9.17) is 15.4 Å². The van der Waals surface area contributed by atoms with Crippen LogP contribution in [0.3, 0.4) is 0 Å². The molecular weight excluding hydrogens is 276 g/mol. The Morgan fingerprint density at radius 2 is 2.17 bits per heavy atom. The van der Waals surface area contributed by atoms with Crippen LogP contribution in [0.4, 0.5) is 0 Å². The highest BCUT2D eigenvalue weighted by Gasteiger charge is 2.17. The van der Waals surface area contributed by atoms with E-state index in [1.165, 1.54) is 6.20 Å². The summed E-state index contributed by atoms with van der Waals surface area (Å²) in [4.78, 5) is 4.06. The molecule has 0 aromatic carbocycles. The molecule has 104 valence electrons. The largest absolute Gasteiger partial charge is 0.377 e. The summed E-state index contributed by atoms with van der Waals surface area (Å²) in [5, 5.41) is -0.0860. The molecule has 0 aliphatic heterocycles. The zero-order chi connectivity index (χ0) is 13.8. The van der Waals surface area contributed by atoms with Gasteiger partial charge < -0.3 is 9.30 Å². The average Bonchev–Trinajstić information content (AvgIpc) is 2.61. The van der Waals surface area contributed by atoms with E-state index in [0.29, 0.717) is 19.6 Å². The Balaban J connectivity index is 2.84. The van der Waals surface area contributed by atoms with E-state index in [1.807, 2.05) is 20.8 Å². The van der Waals surface area contributed by atoms with E-state index in [9.17, 15) is 8.42 Å². The first-order valence-electron chi connectivity index (χ1n) is 5.97. The smallest absolute Gasteiger partial charge is 0.280 e. The van der Waals surface area contributed by atoms with Crippen LogP contribution in [0.1, 0.15) is 33.0 Å². The number of aromatic nitrogens is 2. The predicted octanol–water partition coefficient (Wildman–Crippen LogP) is 2.19. The molecule has 1 rings (SSSR count). The Labute approximate surface area is 113 Å². The van der Waals surface area contributed by atoms with Gasteiger partial charge in [0.1, 0.15) is 5.82 Å². The summed E-state index contributed by atoms with van der Waals surface area (Å²) in [6.45, 7) is 7.02. The number of rotatable bonds is 7. The maximum atomic E-state index is 11.2. The summed E-state index contributed by atoms with van der Waals surface area (Å²) in [5.74, 6) is 0.726. The summed E-state index contributed by atoms with van der Waals surface area (Å²) >= 11 is 0. The SMILES string of the molecule is CCCc1nc(S(=O)(=O)Cl)cn1CCOC(C)C. The second-order valence-electron chi connectivity index (χ2n) is 4.30. The third kappa shape index (κ3) is 4.59. The molecule has 1 aromatic rings. The van der Waals surface area contributed by atoms with Gasteiger partial charge in [0.25, 0.3) is 9.05 Å². The standard InChI is InChI=1S/C11H19ClN2O3S/c1-4-5-10-13-11(18(12,15)16)8-14(10)6-7-17-9(2)3/h8-9H,4-7H2,1-3H3. The maximum absolute atomic E-state index is 11.2. The normalized spacial score (nSPS) is 12.3. The van der Waals surface area contributed by atoms with Crippen molar-refractivity contribution in [1.82, 2.24) is 9.55 Å². The molecule has 0 unspecified atom stereocenters. The molecule has 0 fully saturated rings. The summed E-state index contributed by atoms with van der Waals surface area (Å²) in [6.07, 6.45) is 3.23. The first kappa shape index (κ1) is 15.5. The number of nitrogens with zero attached hydrogens (tertiary/aromatic N) is 2. The highest BCUT2D eigenvalue weighted by atomic mass is 35.7. The Kier molecular flexibility index (Phi) is 5.62. The molecule has 0 aliphatic carbocycles. The molecule has 1 aromatic heterocycles. The van der Waals surface area contributed by atoms with E-state index in [1.54, 1.807) is 4.57 Å². The van der Waals surface area contributed by atoms with Gasteiger partial charge in [0.15, 0.2) is 5.03 Å². The van der Waals surface area contributed by atoms with E-state index in [0.717, 1.165) is 12.2 Å². The molecule has 5 nitrogen and oxygen atoms in total. The Morgan fingerprint density at radius 3 is 2.67 bits per heavy atom. The summed E-state index contributed by atoms with van der Waals surface area (Å²) in [7, 11) is 1.53. The van der Waals surface area contributed by atoms with Crippen LogP contribution in [0, 0.1) is 0 Å². The van der Waals surface area contributed by atoms with Crippen molar-refractivity contribution in [2.75, 3.05) is 6.61 Å². The van der Waals surface area contributed by atoms with Gasteiger partial charge in [0.05, 0.1) is 12.7 Å². The number of hydrogen-bond donors (Lipinski definition) is 0. The molecule has 7 heteroatoms. The van der Waals surface area contributed by atoms with Gasteiger partial charge >= 0.3 is 0 Å². The molecule has 0 spiro atoms. The predicted molar refractivity (Wildman–Crippen MR) is 70.3 cm³/mol. The van der Waals surface area contributed by atoms with Gasteiger partial charge in [-0.05, 0) is 20.3 Å². The van der Waals surface area contributed by atoms with Crippen molar-refractivity contribution in [2.45, 2.75) is 51.3 Å². The minimum Gasteiger partial charge on any atom is -0.377 e. The Morgan fingerprint density at radius 1 is 1.50 bits per heavy atom. The van der Waals surface area contributed by atoms with Gasteiger partial charge in [-0.3, -0.25) is 0 Å². The van der Waals surface area contributed by atoms with Crippen molar-refractivity contribution >= 4 is 19.7 Å². The first-order valence-corrected chi connectivity index (χ1v) is 8.27. The first-order chi connectivity index (χ1) is 8.34. The van der Waals surface area contributed by atoms with Gasteiger partial charge in [0.2, 0.25) is 0 Å². The van der Waals surface area contributed by atoms with Crippen molar-refractivity contribution in [1.29, 1.82) is 0 Å². The number of hydrogen-bond acceptors (Lipinski definition) is 4. The molecule has 0 radical (unpaired) electrons. The quantitative estimate of drug-likeness (QED) is 0.723. The van der Waals surface area contributed by atoms with E-state index >= 15 is 0 Å². The number of halogens is 1. The second kappa shape index (κ2) is 6.54. The molecule has 1 heterocycles. The van der Waals surface area contributed by atoms with E-state index < -0.39 is 9.05 Å². The van der Waals surface area contributed by atoms with E-state index in [2.05, 4.69) is 4.98 Å². The molecular formula is C11H19ClN2O3S. The van der Waals surface area contributed by atoms with Gasteiger partial charge in [-0.15, -0.1) is 0 Å². The zero-order valence-corrected chi connectivity index (χ0v) is 12.5. The average molecular weight is 295 g/mol. The topological polar surface area (TPSA) is 61.2 Å². The summed E-state index contributed by atoms with van der Waals surface area (Å²) in [5.41, 5.74) is 0. The lowest BCUT2D eigenvalue weighted by Crippen LogP contribution is -2.12. The van der Waals surface area contributed by atoms with Gasteiger partial charge in [-0.1, -0.05) is 6.92 Å². The fourth-order valence-corrected chi connectivity index (χ4v) is 2.24. The van der Waals surface area contributed by atoms with Crippen LogP contribution in [-0.4, -0.2) is 30.7 Å². The lowest BCUT2D eigenvalue weighted by atomic mass is 10.3. The zero-order valence-electron chi connectivity index (χ0n) is 10.9. The minimum atomic E-state index is -3.76. The second-order valence-corrected chi connectivity index (χ2v) is 6.81. The summed E-state index contributed by atoms with van der Waals surface area (Å²) < 4.78 is 29.7. The highest BCUT2D eigenvalue weighted by molar-refractivity contribution is 8.13. The molecule has 0 saturated heterocycles. The fraction of sp³-hybridized carbons (Fsp3) is 0.727. The number of aryl methyl sites for hydroxylation is 1. The van der Waals surface area contributed by atoms with Crippen LogP contribution < -0.4 is 0 Å². The monoisotopic (exact) mass is 294 g/mol. The molecule has 0 saturated carbocycles. The van der Waals surface area contributed by atoms with Crippen LogP contribution in [0.5, 0.6) is 0 Å². The molecule has 0 bridgehead atoms. The third-order valence-electron chi connectivity index (χ3n) is 2.34. The fourth-order valence-electron chi connectivity index (χ4n) is 1.55.